The molecule has 0 bridgehead atoms. The minimum atomic E-state index is -1.74. The summed E-state index contributed by atoms with van der Waals surface area (Å²) in [6.07, 6.45) is -1.54. The average molecular weight is 957 g/mol. The molecule has 0 aromatic heterocycles. The Morgan fingerprint density at radius 2 is 1.38 bits per heavy atom. The number of aromatic hydroxyl groups is 1. The van der Waals surface area contributed by atoms with Gasteiger partial charge in [-0.05, 0) is 68.1 Å². The number of Topliss-reactive ketones (excluding diaryl/α,β-unsaturated/α-hetero) is 1. The number of benzene rings is 1. The number of carbonyl (C=O) groups excluding carboxylic acids is 9. The molecule has 2 fully saturated rings. The van der Waals surface area contributed by atoms with Gasteiger partial charge in [0.1, 0.15) is 47.8 Å². The summed E-state index contributed by atoms with van der Waals surface area (Å²) < 4.78 is 5.93. The lowest BCUT2D eigenvalue weighted by molar-refractivity contribution is -0.158. The van der Waals surface area contributed by atoms with E-state index in [9.17, 15) is 53.4 Å². The van der Waals surface area contributed by atoms with Crippen molar-refractivity contribution in [1.29, 1.82) is 0 Å². The minimum absolute atomic E-state index is 0.0101. The van der Waals surface area contributed by atoms with E-state index in [0.717, 1.165) is 0 Å². The molecule has 3 rings (SSSR count). The minimum Gasteiger partial charge on any atom is -0.508 e. The Hall–Kier alpha value is -5.63. The standard InChI is InChI=1S/C48H76N8O12/c1-11-26(7)38(50)46(66)56(10)35(20-29-13-15-30(57)16-14-29)44(64)53-39(27(8)12-2)47(67)68-28(9)40(54-42(62)33(17-18-37(49)60)51-41(61)25(5)6)45(65)52-34(19-24(3)4)43(63)55-48-22-31(58)21-36(59)32(48)23-48/h13-16,24-28,31-35,38-40,57-58H,11-12,17-23,50H2,1-10H3,(H2,49,60)(H,51,61)(H,52,65)(H,53,64)(H,54,62)(H,55,63)/t26?,27-,28?,31-,32?,33+,34?,35?,38?,39?,40+,48?/m1/s1. The predicted octanol–water partition coefficient (Wildman–Crippen LogP) is 0.618. The third-order valence-corrected chi connectivity index (χ3v) is 13.2. The van der Waals surface area contributed by atoms with Crippen LogP contribution in [0.1, 0.15) is 119 Å². The number of phenolic OH excluding ortho intramolecular Hbond substituents is 1. The van der Waals surface area contributed by atoms with Crippen molar-refractivity contribution in [1.82, 2.24) is 31.5 Å². The number of hydrogen-bond acceptors (Lipinski definition) is 13. The molecule has 2 saturated carbocycles. The highest BCUT2D eigenvalue weighted by atomic mass is 16.5. The topological polar surface area (TPSA) is 319 Å². The number of fused-ring (bicyclic) bond motifs is 1. The van der Waals surface area contributed by atoms with E-state index in [-0.39, 0.29) is 61.9 Å². The van der Waals surface area contributed by atoms with Crippen molar-refractivity contribution in [2.24, 2.45) is 41.1 Å². The van der Waals surface area contributed by atoms with Crippen molar-refractivity contribution in [2.45, 2.75) is 174 Å². The van der Waals surface area contributed by atoms with Gasteiger partial charge in [0, 0.05) is 38.1 Å². The summed E-state index contributed by atoms with van der Waals surface area (Å²) in [6, 6.07) is -1.79. The molecule has 2 aliphatic carbocycles. The number of nitrogens with zero attached hydrogens (tertiary/aromatic N) is 1. The average Bonchev–Trinajstić information content (AvgIpc) is 3.99. The van der Waals surface area contributed by atoms with Crippen molar-refractivity contribution >= 4 is 53.1 Å². The molecule has 20 nitrogen and oxygen atoms in total. The van der Waals surface area contributed by atoms with Gasteiger partial charge < -0.3 is 57.9 Å². The molecule has 0 spiro atoms. The van der Waals surface area contributed by atoms with Crippen molar-refractivity contribution in [3.63, 3.8) is 0 Å². The molecule has 0 saturated heterocycles. The van der Waals surface area contributed by atoms with Gasteiger partial charge >= 0.3 is 5.97 Å². The highest BCUT2D eigenvalue weighted by molar-refractivity contribution is 5.97. The number of aliphatic hydroxyl groups excluding tert-OH is 1. The highest BCUT2D eigenvalue weighted by Crippen LogP contribution is 2.51. The maximum Gasteiger partial charge on any atom is 0.329 e. The normalized spacial score (nSPS) is 21.5. The lowest BCUT2D eigenvalue weighted by Crippen LogP contribution is -2.62. The Morgan fingerprint density at radius 1 is 0.794 bits per heavy atom. The van der Waals surface area contributed by atoms with Gasteiger partial charge in [0.25, 0.3) is 0 Å². The van der Waals surface area contributed by atoms with Gasteiger partial charge in [0.15, 0.2) is 0 Å². The quantitative estimate of drug-likeness (QED) is 0.0576. The molecule has 0 aliphatic heterocycles. The van der Waals surface area contributed by atoms with Crippen molar-refractivity contribution in [3.8, 4) is 5.75 Å². The van der Waals surface area contributed by atoms with E-state index in [4.69, 9.17) is 16.2 Å². The number of amides is 7. The van der Waals surface area contributed by atoms with Gasteiger partial charge in [-0.25, -0.2) is 4.79 Å². The number of esters is 1. The van der Waals surface area contributed by atoms with Crippen molar-refractivity contribution in [2.75, 3.05) is 7.05 Å². The molecule has 0 radical (unpaired) electrons. The van der Waals surface area contributed by atoms with Crippen LogP contribution in [-0.4, -0.2) is 129 Å². The van der Waals surface area contributed by atoms with Crippen LogP contribution < -0.4 is 38.1 Å². The SMILES string of the molecule is CCC(C)C(N)C(=O)N(C)C(Cc1ccc(O)cc1)C(=O)NC(C(=O)OC(C)[C@H](NC(=O)[C@H](CCC(N)=O)NC(=O)C(C)C)C(=O)NC(CC(C)C)C(=O)NC12CC1C(=O)C[C@@H](O)C2)[C@H](C)CC. The fourth-order valence-corrected chi connectivity index (χ4v) is 8.24. The first kappa shape index (κ1) is 56.7. The summed E-state index contributed by atoms with van der Waals surface area (Å²) in [4.78, 5) is 123. The molecule has 68 heavy (non-hydrogen) atoms. The zero-order valence-corrected chi connectivity index (χ0v) is 41.3. The van der Waals surface area contributed by atoms with Gasteiger partial charge in [-0.2, -0.15) is 0 Å². The zero-order valence-electron chi connectivity index (χ0n) is 41.3. The fourth-order valence-electron chi connectivity index (χ4n) is 8.24. The summed E-state index contributed by atoms with van der Waals surface area (Å²) in [5, 5.41) is 33.7. The Bertz CT molecular complexity index is 1980. The number of carbonyl (C=O) groups is 9. The molecule has 1 aromatic rings. The van der Waals surface area contributed by atoms with Crippen LogP contribution in [0.3, 0.4) is 0 Å². The second-order valence-corrected chi connectivity index (χ2v) is 19.6. The summed E-state index contributed by atoms with van der Waals surface area (Å²) in [6.45, 7) is 15.3. The van der Waals surface area contributed by atoms with Crippen LogP contribution in [0.5, 0.6) is 5.75 Å². The van der Waals surface area contributed by atoms with E-state index in [1.54, 1.807) is 39.8 Å². The largest absolute Gasteiger partial charge is 0.508 e. The van der Waals surface area contributed by atoms with Crippen molar-refractivity contribution < 1.29 is 58.1 Å². The smallest absolute Gasteiger partial charge is 0.329 e. The van der Waals surface area contributed by atoms with Crippen LogP contribution in [0.2, 0.25) is 0 Å². The molecule has 0 heterocycles. The van der Waals surface area contributed by atoms with Gasteiger partial charge in [0.05, 0.1) is 17.7 Å². The number of aliphatic hydroxyl groups is 1. The maximum absolute atomic E-state index is 14.5. The number of likely N-dealkylation sites (N-methyl/N-ethyl adjacent to an activating group) is 1. The fraction of sp³-hybridized carbons (Fsp3) is 0.688. The third-order valence-electron chi connectivity index (χ3n) is 13.2. The molecule has 11 N–H and O–H groups in total. The summed E-state index contributed by atoms with van der Waals surface area (Å²) in [5.41, 5.74) is 11.3. The van der Waals surface area contributed by atoms with E-state index in [1.807, 2.05) is 27.7 Å². The number of phenols is 1. The monoisotopic (exact) mass is 957 g/mol. The number of ether oxygens (including phenoxy) is 1. The number of hydrogen-bond donors (Lipinski definition) is 9. The third kappa shape index (κ3) is 15.7. The number of ketones is 1. The van der Waals surface area contributed by atoms with E-state index >= 15 is 0 Å². The second-order valence-electron chi connectivity index (χ2n) is 19.6. The van der Waals surface area contributed by atoms with Gasteiger partial charge in [-0.1, -0.05) is 80.4 Å². The van der Waals surface area contributed by atoms with Crippen LogP contribution in [0.25, 0.3) is 0 Å². The van der Waals surface area contributed by atoms with Gasteiger partial charge in [-0.3, -0.25) is 38.4 Å². The zero-order chi connectivity index (χ0) is 51.4. The molecule has 2 aliphatic rings. The number of nitrogens with two attached hydrogens (primary N) is 2. The first-order chi connectivity index (χ1) is 31.7. The first-order valence-electron chi connectivity index (χ1n) is 23.8. The van der Waals surface area contributed by atoms with E-state index in [2.05, 4.69) is 26.6 Å². The van der Waals surface area contributed by atoms with E-state index < -0.39 is 119 Å². The molecular weight excluding hydrogens is 881 g/mol. The Kier molecular flexibility index (Phi) is 20.9. The Morgan fingerprint density at radius 3 is 1.94 bits per heavy atom. The summed E-state index contributed by atoms with van der Waals surface area (Å²) >= 11 is 0. The molecule has 8 unspecified atom stereocenters. The highest BCUT2D eigenvalue weighted by Gasteiger charge is 2.62. The van der Waals surface area contributed by atoms with Crippen LogP contribution >= 0.6 is 0 Å². The maximum atomic E-state index is 14.5. The van der Waals surface area contributed by atoms with Crippen LogP contribution in [0.4, 0.5) is 0 Å². The van der Waals surface area contributed by atoms with Gasteiger partial charge in [-0.15, -0.1) is 0 Å². The van der Waals surface area contributed by atoms with Crippen LogP contribution in [0.15, 0.2) is 24.3 Å². The molecule has 1 aromatic carbocycles. The second kappa shape index (κ2) is 25.1. The molecular formula is C48H76N8O12. The van der Waals surface area contributed by atoms with Gasteiger partial charge in [0.2, 0.25) is 41.4 Å². The van der Waals surface area contributed by atoms with E-state index in [1.165, 1.54) is 31.0 Å². The number of nitrogens with one attached hydrogen (secondary N) is 5. The predicted molar refractivity (Wildman–Crippen MR) is 250 cm³/mol. The summed E-state index contributed by atoms with van der Waals surface area (Å²) in [7, 11) is 1.44. The lowest BCUT2D eigenvalue weighted by atomic mass is 9.91. The summed E-state index contributed by atoms with van der Waals surface area (Å²) in [5.74, 6) is -8.30. The van der Waals surface area contributed by atoms with Crippen molar-refractivity contribution in [3.05, 3.63) is 29.8 Å². The van der Waals surface area contributed by atoms with Crippen LogP contribution in [-0.2, 0) is 54.3 Å². The molecule has 7 amide bonds. The number of rotatable bonds is 26. The Labute approximate surface area is 399 Å². The molecule has 20 heteroatoms. The molecule has 380 valence electrons. The van der Waals surface area contributed by atoms with Crippen LogP contribution in [0, 0.1) is 29.6 Å². The first-order valence-corrected chi connectivity index (χ1v) is 23.8. The number of primary amides is 1. The molecule has 12 atom stereocenters. The van der Waals surface area contributed by atoms with E-state index in [0.29, 0.717) is 24.8 Å². The lowest BCUT2D eigenvalue weighted by Gasteiger charge is -2.34. The Balaban J connectivity index is 2.01.